The number of pyridine rings is 1. The lowest BCUT2D eigenvalue weighted by molar-refractivity contribution is 0.102. The Labute approximate surface area is 164 Å². The van der Waals surface area contributed by atoms with Crippen LogP contribution in [0.5, 0.6) is 11.5 Å². The number of hydrogen-bond donors (Lipinski definition) is 1. The molecule has 0 spiro atoms. The highest BCUT2D eigenvalue weighted by Gasteiger charge is 2.12. The van der Waals surface area contributed by atoms with E-state index in [1.54, 1.807) is 54.9 Å². The molecule has 5 heteroatoms. The summed E-state index contributed by atoms with van der Waals surface area (Å²) in [6.45, 7) is 2.72. The Balaban J connectivity index is 1.75. The fourth-order valence-corrected chi connectivity index (χ4v) is 2.57. The number of anilines is 1. The monoisotopic (exact) mass is 372 g/mol. The summed E-state index contributed by atoms with van der Waals surface area (Å²) in [4.78, 5) is 16.6. The predicted octanol–water partition coefficient (Wildman–Crippen LogP) is 4.29. The molecule has 1 heterocycles. The molecular weight excluding hydrogens is 352 g/mol. The van der Waals surface area contributed by atoms with E-state index in [2.05, 4.69) is 16.2 Å². The quantitative estimate of drug-likeness (QED) is 0.629. The number of carbonyl (C=O) groups excluding carboxylic acids is 1. The van der Waals surface area contributed by atoms with Gasteiger partial charge in [-0.1, -0.05) is 12.0 Å². The van der Waals surface area contributed by atoms with Crippen molar-refractivity contribution in [2.75, 3.05) is 11.9 Å². The summed E-state index contributed by atoms with van der Waals surface area (Å²) in [5.74, 6) is 3.38. The van der Waals surface area contributed by atoms with Crippen LogP contribution in [0.25, 0.3) is 0 Å². The van der Waals surface area contributed by atoms with Gasteiger partial charge in [0.25, 0.3) is 5.91 Å². The topological polar surface area (TPSA) is 60.5 Å². The van der Waals surface area contributed by atoms with Crippen LogP contribution in [-0.4, -0.2) is 17.5 Å². The van der Waals surface area contributed by atoms with E-state index in [0.717, 1.165) is 5.56 Å². The number of benzene rings is 2. The Hall–Kier alpha value is -3.78. The lowest BCUT2D eigenvalue weighted by Gasteiger charge is -2.13. The second-order valence-corrected chi connectivity index (χ2v) is 5.92. The highest BCUT2D eigenvalue weighted by molar-refractivity contribution is 6.04. The Morgan fingerprint density at radius 2 is 1.89 bits per heavy atom. The molecule has 0 atom stereocenters. The third kappa shape index (κ3) is 4.89. The number of rotatable bonds is 7. The first kappa shape index (κ1) is 19.0. The molecule has 0 fully saturated rings. The summed E-state index contributed by atoms with van der Waals surface area (Å²) in [6.07, 6.45) is 8.83. The molecule has 0 saturated carbocycles. The van der Waals surface area contributed by atoms with Gasteiger partial charge in [0.05, 0.1) is 6.61 Å². The van der Waals surface area contributed by atoms with Crippen LogP contribution in [0.3, 0.4) is 0 Å². The van der Waals surface area contributed by atoms with Crippen molar-refractivity contribution in [3.8, 4) is 23.8 Å². The highest BCUT2D eigenvalue weighted by Crippen LogP contribution is 2.29. The first-order chi connectivity index (χ1) is 13.7. The number of terminal acetylenes is 1. The molecule has 140 valence electrons. The van der Waals surface area contributed by atoms with Crippen molar-refractivity contribution in [3.63, 3.8) is 0 Å². The van der Waals surface area contributed by atoms with Crippen LogP contribution < -0.4 is 14.8 Å². The molecule has 1 N–H and O–H groups in total. The van der Waals surface area contributed by atoms with Crippen molar-refractivity contribution in [1.29, 1.82) is 0 Å². The molecule has 0 aliphatic rings. The van der Waals surface area contributed by atoms with E-state index >= 15 is 0 Å². The highest BCUT2D eigenvalue weighted by atomic mass is 16.5. The Morgan fingerprint density at radius 1 is 1.07 bits per heavy atom. The van der Waals surface area contributed by atoms with Gasteiger partial charge < -0.3 is 14.8 Å². The minimum atomic E-state index is -0.254. The van der Waals surface area contributed by atoms with Gasteiger partial charge >= 0.3 is 0 Å². The van der Waals surface area contributed by atoms with Crippen LogP contribution in [0.15, 0.2) is 67.0 Å². The standard InChI is InChI=1S/C23H20N2O3/c1-3-17-6-5-7-20(14-17)25-23(26)19-8-9-21(22(15-19)27-4-2)28-16-18-10-12-24-13-11-18/h1,5-15H,4,16H2,2H3,(H,25,26). The second kappa shape index (κ2) is 9.24. The van der Waals surface area contributed by atoms with Gasteiger partial charge in [0, 0.05) is 29.2 Å². The first-order valence-corrected chi connectivity index (χ1v) is 8.86. The number of amides is 1. The molecule has 0 aliphatic heterocycles. The maximum Gasteiger partial charge on any atom is 0.255 e. The molecular formula is C23H20N2O3. The molecule has 0 radical (unpaired) electrons. The summed E-state index contributed by atoms with van der Waals surface area (Å²) in [6, 6.07) is 16.0. The van der Waals surface area contributed by atoms with E-state index in [-0.39, 0.29) is 5.91 Å². The van der Waals surface area contributed by atoms with Crippen LogP contribution in [0, 0.1) is 12.3 Å². The van der Waals surface area contributed by atoms with Gasteiger partial charge in [-0.2, -0.15) is 0 Å². The van der Waals surface area contributed by atoms with Crippen molar-refractivity contribution in [2.45, 2.75) is 13.5 Å². The van der Waals surface area contributed by atoms with Crippen molar-refractivity contribution < 1.29 is 14.3 Å². The van der Waals surface area contributed by atoms with Crippen LogP contribution in [-0.2, 0) is 6.61 Å². The van der Waals surface area contributed by atoms with E-state index in [4.69, 9.17) is 15.9 Å². The van der Waals surface area contributed by atoms with Crippen molar-refractivity contribution >= 4 is 11.6 Å². The Morgan fingerprint density at radius 3 is 2.64 bits per heavy atom. The molecule has 5 nitrogen and oxygen atoms in total. The fourth-order valence-electron chi connectivity index (χ4n) is 2.57. The average molecular weight is 372 g/mol. The SMILES string of the molecule is C#Cc1cccc(NC(=O)c2ccc(OCc3ccncc3)c(OCC)c2)c1. The number of nitrogens with zero attached hydrogens (tertiary/aromatic N) is 1. The number of aromatic nitrogens is 1. The van der Waals surface area contributed by atoms with Crippen LogP contribution >= 0.6 is 0 Å². The largest absolute Gasteiger partial charge is 0.490 e. The lowest BCUT2D eigenvalue weighted by Crippen LogP contribution is -2.12. The van der Waals surface area contributed by atoms with Crippen LogP contribution in [0.4, 0.5) is 5.69 Å². The lowest BCUT2D eigenvalue weighted by atomic mass is 10.1. The van der Waals surface area contributed by atoms with E-state index in [1.165, 1.54) is 0 Å². The van der Waals surface area contributed by atoms with Gasteiger partial charge in [0.15, 0.2) is 11.5 Å². The summed E-state index contributed by atoms with van der Waals surface area (Å²) in [5.41, 5.74) is 2.79. The van der Waals surface area contributed by atoms with Crippen molar-refractivity contribution in [3.05, 3.63) is 83.7 Å². The second-order valence-electron chi connectivity index (χ2n) is 5.92. The zero-order chi connectivity index (χ0) is 19.8. The van der Waals surface area contributed by atoms with Gasteiger partial charge in [-0.15, -0.1) is 6.42 Å². The Kier molecular flexibility index (Phi) is 6.27. The number of ether oxygens (including phenoxy) is 2. The molecule has 0 saturated heterocycles. The van der Waals surface area contributed by atoms with Gasteiger partial charge in [-0.05, 0) is 61.0 Å². The third-order valence-corrected chi connectivity index (χ3v) is 3.94. The first-order valence-electron chi connectivity index (χ1n) is 8.86. The van der Waals surface area contributed by atoms with E-state index in [0.29, 0.717) is 41.5 Å². The number of carbonyl (C=O) groups is 1. The fraction of sp³-hybridized carbons (Fsp3) is 0.130. The molecule has 3 aromatic rings. The normalized spacial score (nSPS) is 10.0. The molecule has 2 aromatic carbocycles. The molecule has 0 unspecified atom stereocenters. The van der Waals surface area contributed by atoms with Gasteiger partial charge in [-0.3, -0.25) is 9.78 Å². The van der Waals surface area contributed by atoms with E-state index in [9.17, 15) is 4.79 Å². The number of hydrogen-bond acceptors (Lipinski definition) is 4. The van der Waals surface area contributed by atoms with Crippen LogP contribution in [0.1, 0.15) is 28.4 Å². The summed E-state index contributed by atoms with van der Waals surface area (Å²) in [7, 11) is 0. The van der Waals surface area contributed by atoms with Crippen molar-refractivity contribution in [1.82, 2.24) is 4.98 Å². The van der Waals surface area contributed by atoms with E-state index < -0.39 is 0 Å². The molecule has 1 amide bonds. The third-order valence-electron chi connectivity index (χ3n) is 3.94. The number of nitrogens with one attached hydrogen (secondary N) is 1. The van der Waals surface area contributed by atoms with Crippen LogP contribution in [0.2, 0.25) is 0 Å². The molecule has 0 bridgehead atoms. The maximum atomic E-state index is 12.6. The van der Waals surface area contributed by atoms with E-state index in [1.807, 2.05) is 19.1 Å². The van der Waals surface area contributed by atoms with Gasteiger partial charge in [0.2, 0.25) is 0 Å². The zero-order valence-electron chi connectivity index (χ0n) is 15.5. The summed E-state index contributed by atoms with van der Waals surface area (Å²) >= 11 is 0. The predicted molar refractivity (Wildman–Crippen MR) is 109 cm³/mol. The van der Waals surface area contributed by atoms with Gasteiger partial charge in [0.1, 0.15) is 6.61 Å². The minimum absolute atomic E-state index is 0.254. The molecule has 1 aromatic heterocycles. The smallest absolute Gasteiger partial charge is 0.255 e. The molecule has 3 rings (SSSR count). The molecule has 28 heavy (non-hydrogen) atoms. The van der Waals surface area contributed by atoms with Gasteiger partial charge in [-0.25, -0.2) is 0 Å². The summed E-state index contributed by atoms with van der Waals surface area (Å²) < 4.78 is 11.5. The maximum absolute atomic E-state index is 12.6. The van der Waals surface area contributed by atoms with Crippen molar-refractivity contribution in [2.24, 2.45) is 0 Å². The Bertz CT molecular complexity index is 994. The minimum Gasteiger partial charge on any atom is -0.490 e. The summed E-state index contributed by atoms with van der Waals surface area (Å²) in [5, 5.41) is 2.84. The molecule has 0 aliphatic carbocycles. The zero-order valence-corrected chi connectivity index (χ0v) is 15.5. The average Bonchev–Trinajstić information content (AvgIpc) is 2.74.